The van der Waals surface area contributed by atoms with E-state index in [-0.39, 0.29) is 0 Å². The Morgan fingerprint density at radius 2 is 2.05 bits per heavy atom. The number of para-hydroxylation sites is 1. The van der Waals surface area contributed by atoms with Crippen LogP contribution in [0.25, 0.3) is 10.9 Å². The van der Waals surface area contributed by atoms with E-state index in [0.717, 1.165) is 19.6 Å². The Hall–Kier alpha value is -1.06. The molecule has 1 aliphatic rings. The second-order valence-electron chi connectivity index (χ2n) is 5.88. The summed E-state index contributed by atoms with van der Waals surface area (Å²) in [5.41, 5.74) is 2.44. The molecule has 114 valence electrons. The fraction of sp³-hybridized carbons (Fsp3) is 0.588. The summed E-state index contributed by atoms with van der Waals surface area (Å²) >= 11 is 6.02. The van der Waals surface area contributed by atoms with Gasteiger partial charge >= 0.3 is 0 Å². The van der Waals surface area contributed by atoms with E-state index < -0.39 is 0 Å². The first-order valence-electron chi connectivity index (χ1n) is 8.08. The summed E-state index contributed by atoms with van der Waals surface area (Å²) in [6.45, 7) is 4.95. The summed E-state index contributed by atoms with van der Waals surface area (Å²) in [6.07, 6.45) is 5.33. The lowest BCUT2D eigenvalue weighted by molar-refractivity contribution is 0.199. The second-order valence-corrected chi connectivity index (χ2v) is 6.26. The van der Waals surface area contributed by atoms with Crippen LogP contribution in [0.4, 0.5) is 0 Å². The van der Waals surface area contributed by atoms with Gasteiger partial charge in [-0.3, -0.25) is 9.58 Å². The van der Waals surface area contributed by atoms with Crippen LogP contribution in [0.15, 0.2) is 24.3 Å². The molecule has 1 saturated carbocycles. The summed E-state index contributed by atoms with van der Waals surface area (Å²) in [7, 11) is 0. The summed E-state index contributed by atoms with van der Waals surface area (Å²) in [5, 5.41) is 6.12. The summed E-state index contributed by atoms with van der Waals surface area (Å²) in [4.78, 5) is 2.54. The predicted octanol–water partition coefficient (Wildman–Crippen LogP) is 4.04. The highest BCUT2D eigenvalue weighted by molar-refractivity contribution is 6.18. The smallest absolute Gasteiger partial charge is 0.0843 e. The monoisotopic (exact) mass is 305 g/mol. The van der Waals surface area contributed by atoms with E-state index in [1.807, 2.05) is 0 Å². The summed E-state index contributed by atoms with van der Waals surface area (Å²) in [6, 6.07) is 9.24. The van der Waals surface area contributed by atoms with Crippen LogP contribution >= 0.6 is 11.6 Å². The van der Waals surface area contributed by atoms with E-state index in [4.69, 9.17) is 16.7 Å². The van der Waals surface area contributed by atoms with Crippen molar-refractivity contribution >= 4 is 22.5 Å². The Morgan fingerprint density at radius 3 is 2.76 bits per heavy atom. The lowest BCUT2D eigenvalue weighted by Crippen LogP contribution is -2.34. The molecule has 21 heavy (non-hydrogen) atoms. The maximum absolute atomic E-state index is 6.02. The van der Waals surface area contributed by atoms with Crippen molar-refractivity contribution in [2.45, 2.75) is 51.7 Å². The molecule has 2 aromatic rings. The minimum atomic E-state index is 0.689. The third-order valence-electron chi connectivity index (χ3n) is 4.60. The van der Waals surface area contributed by atoms with Crippen molar-refractivity contribution in [2.75, 3.05) is 12.4 Å². The van der Waals surface area contributed by atoms with Crippen molar-refractivity contribution in [3.63, 3.8) is 0 Å². The quantitative estimate of drug-likeness (QED) is 0.751. The Bertz CT molecular complexity index is 587. The molecule has 0 N–H and O–H groups in total. The highest BCUT2D eigenvalue weighted by Gasteiger charge is 2.23. The molecule has 1 heterocycles. The van der Waals surface area contributed by atoms with Gasteiger partial charge in [0.05, 0.1) is 11.2 Å². The SMILES string of the molecule is CCn1nc(CN(CCCl)C2CCCC2)c2ccccc21. The third-order valence-corrected chi connectivity index (χ3v) is 4.77. The van der Waals surface area contributed by atoms with Crippen molar-refractivity contribution in [1.82, 2.24) is 14.7 Å². The molecular formula is C17H24ClN3. The van der Waals surface area contributed by atoms with Crippen molar-refractivity contribution < 1.29 is 0 Å². The molecule has 0 amide bonds. The fourth-order valence-electron chi connectivity index (χ4n) is 3.52. The van der Waals surface area contributed by atoms with Crippen LogP contribution in [0, 0.1) is 0 Å². The Labute approximate surface area is 131 Å². The first-order valence-corrected chi connectivity index (χ1v) is 8.61. The highest BCUT2D eigenvalue weighted by atomic mass is 35.5. The number of aromatic nitrogens is 2. The Morgan fingerprint density at radius 1 is 1.29 bits per heavy atom. The van der Waals surface area contributed by atoms with Gasteiger partial charge < -0.3 is 0 Å². The topological polar surface area (TPSA) is 21.1 Å². The van der Waals surface area contributed by atoms with Gasteiger partial charge in [0.25, 0.3) is 0 Å². The van der Waals surface area contributed by atoms with Gasteiger partial charge in [0, 0.05) is 36.9 Å². The van der Waals surface area contributed by atoms with Gasteiger partial charge in [-0.05, 0) is 25.8 Å². The minimum Gasteiger partial charge on any atom is -0.293 e. The van der Waals surface area contributed by atoms with Crippen LogP contribution < -0.4 is 0 Å². The van der Waals surface area contributed by atoms with Crippen molar-refractivity contribution in [1.29, 1.82) is 0 Å². The minimum absolute atomic E-state index is 0.689. The van der Waals surface area contributed by atoms with Crippen LogP contribution in [0.3, 0.4) is 0 Å². The zero-order valence-corrected chi connectivity index (χ0v) is 13.5. The molecule has 1 aliphatic carbocycles. The zero-order chi connectivity index (χ0) is 14.7. The van der Waals surface area contributed by atoms with Gasteiger partial charge in [0.2, 0.25) is 0 Å². The second kappa shape index (κ2) is 6.80. The molecule has 1 aromatic carbocycles. The van der Waals surface area contributed by atoms with Gasteiger partial charge in [0.1, 0.15) is 0 Å². The summed E-state index contributed by atoms with van der Waals surface area (Å²) < 4.78 is 2.11. The van der Waals surface area contributed by atoms with E-state index in [9.17, 15) is 0 Å². The number of halogens is 1. The molecule has 3 nitrogen and oxygen atoms in total. The number of rotatable bonds is 6. The molecule has 0 spiro atoms. The molecular weight excluding hydrogens is 282 g/mol. The van der Waals surface area contributed by atoms with Crippen LogP contribution in [-0.4, -0.2) is 33.1 Å². The molecule has 0 saturated heterocycles. The number of alkyl halides is 1. The van der Waals surface area contributed by atoms with Crippen molar-refractivity contribution in [3.05, 3.63) is 30.0 Å². The maximum Gasteiger partial charge on any atom is 0.0843 e. The molecule has 4 heteroatoms. The van der Waals surface area contributed by atoms with E-state index in [0.29, 0.717) is 11.9 Å². The van der Waals surface area contributed by atoms with Crippen LogP contribution in [0.5, 0.6) is 0 Å². The normalized spacial score (nSPS) is 16.3. The van der Waals surface area contributed by atoms with E-state index >= 15 is 0 Å². The lowest BCUT2D eigenvalue weighted by Gasteiger charge is -2.27. The molecule has 0 atom stereocenters. The number of fused-ring (bicyclic) bond motifs is 1. The van der Waals surface area contributed by atoms with Crippen molar-refractivity contribution in [3.8, 4) is 0 Å². The Balaban J connectivity index is 1.88. The first-order chi connectivity index (χ1) is 10.3. The number of benzene rings is 1. The number of hydrogen-bond donors (Lipinski definition) is 0. The van der Waals surface area contributed by atoms with Gasteiger partial charge in [-0.25, -0.2) is 0 Å². The zero-order valence-electron chi connectivity index (χ0n) is 12.8. The molecule has 1 fully saturated rings. The lowest BCUT2D eigenvalue weighted by atomic mass is 10.1. The van der Waals surface area contributed by atoms with Gasteiger partial charge in [-0.15, -0.1) is 11.6 Å². The molecule has 0 unspecified atom stereocenters. The largest absolute Gasteiger partial charge is 0.293 e. The molecule has 1 aromatic heterocycles. The predicted molar refractivity (Wildman–Crippen MR) is 88.8 cm³/mol. The van der Waals surface area contributed by atoms with Gasteiger partial charge in [0.15, 0.2) is 0 Å². The average molecular weight is 306 g/mol. The number of hydrogen-bond acceptors (Lipinski definition) is 2. The summed E-state index contributed by atoms with van der Waals surface area (Å²) in [5.74, 6) is 0.697. The Kier molecular flexibility index (Phi) is 4.81. The average Bonchev–Trinajstić information content (AvgIpc) is 3.15. The molecule has 0 radical (unpaired) electrons. The maximum atomic E-state index is 6.02. The number of aryl methyl sites for hydroxylation is 1. The van der Waals surface area contributed by atoms with Crippen molar-refractivity contribution in [2.24, 2.45) is 0 Å². The van der Waals surface area contributed by atoms with Crippen LogP contribution in [0.2, 0.25) is 0 Å². The van der Waals surface area contributed by atoms with E-state index in [1.54, 1.807) is 0 Å². The van der Waals surface area contributed by atoms with Gasteiger partial charge in [-0.2, -0.15) is 5.10 Å². The first kappa shape index (κ1) is 14.9. The molecule has 0 aliphatic heterocycles. The molecule has 3 rings (SSSR count). The standard InChI is InChI=1S/C17H24ClN3/c1-2-21-17-10-6-5-9-15(17)16(19-21)13-20(12-11-18)14-7-3-4-8-14/h5-6,9-10,14H,2-4,7-8,11-13H2,1H3. The van der Waals surface area contributed by atoms with E-state index in [2.05, 4.69) is 40.8 Å². The van der Waals surface area contributed by atoms with E-state index in [1.165, 1.54) is 42.3 Å². The fourth-order valence-corrected chi connectivity index (χ4v) is 3.73. The highest BCUT2D eigenvalue weighted by Crippen LogP contribution is 2.26. The number of nitrogens with zero attached hydrogens (tertiary/aromatic N) is 3. The molecule has 0 bridgehead atoms. The van der Waals surface area contributed by atoms with Gasteiger partial charge in [-0.1, -0.05) is 31.0 Å². The van der Waals surface area contributed by atoms with Crippen LogP contribution in [-0.2, 0) is 13.1 Å². The van der Waals surface area contributed by atoms with Crippen LogP contribution in [0.1, 0.15) is 38.3 Å². The third kappa shape index (κ3) is 3.09.